The van der Waals surface area contributed by atoms with Crippen molar-refractivity contribution in [2.24, 2.45) is 5.16 Å². The van der Waals surface area contributed by atoms with Gasteiger partial charge in [0.2, 0.25) is 5.16 Å². The number of carboxylic acids is 1. The van der Waals surface area contributed by atoms with Gasteiger partial charge in [-0.2, -0.15) is 13.2 Å². The summed E-state index contributed by atoms with van der Waals surface area (Å²) in [7, 11) is 1.14. The van der Waals surface area contributed by atoms with E-state index in [1.165, 1.54) is 33.8 Å². The molecule has 0 aliphatic carbocycles. The van der Waals surface area contributed by atoms with E-state index in [-0.39, 0.29) is 17.4 Å². The van der Waals surface area contributed by atoms with Crippen molar-refractivity contribution in [2.45, 2.75) is 35.4 Å². The molecule has 3 amide bonds. The van der Waals surface area contributed by atoms with Crippen molar-refractivity contribution >= 4 is 69.4 Å². The number of aliphatic hydroxyl groups is 1. The maximum Gasteiger partial charge on any atom is 0.471 e. The lowest BCUT2D eigenvalue weighted by atomic mass is 10.1. The average Bonchev–Trinajstić information content (AvgIpc) is 3.57. The van der Waals surface area contributed by atoms with Crippen LogP contribution in [0.25, 0.3) is 0 Å². The fourth-order valence-corrected chi connectivity index (χ4v) is 6.29. The van der Waals surface area contributed by atoms with Crippen LogP contribution in [0.4, 0.5) is 18.3 Å². The molecule has 2 unspecified atom stereocenters. The molecule has 4 N–H and O–H groups in total. The quantitative estimate of drug-likeness (QED) is 0.106. The van der Waals surface area contributed by atoms with Gasteiger partial charge in [-0.1, -0.05) is 16.9 Å². The summed E-state index contributed by atoms with van der Waals surface area (Å²) < 4.78 is 38.7. The van der Waals surface area contributed by atoms with E-state index in [4.69, 9.17) is 5.11 Å². The number of oxime groups is 1. The number of aliphatic hydroxyl groups excluding tert-OH is 1. The summed E-state index contributed by atoms with van der Waals surface area (Å²) in [6, 6.07) is -0.937. The number of aliphatic carboxylic acids is 1. The number of aromatic nitrogens is 5. The Morgan fingerprint density at radius 2 is 2.12 bits per heavy atom. The maximum atomic E-state index is 12.9. The second kappa shape index (κ2) is 12.4. The van der Waals surface area contributed by atoms with Crippen LogP contribution in [0.2, 0.25) is 0 Å². The monoisotopic (exact) mass is 637 g/mol. The third-order valence-electron chi connectivity index (χ3n) is 5.27. The number of halogens is 3. The molecule has 16 nitrogen and oxygen atoms in total. The predicted octanol–water partition coefficient (Wildman–Crippen LogP) is -0.497. The number of carboxylic acid groups (broad SMARTS) is 1. The van der Waals surface area contributed by atoms with Gasteiger partial charge in [-0.3, -0.25) is 19.7 Å². The minimum Gasteiger partial charge on any atom is -0.479 e. The largest absolute Gasteiger partial charge is 0.479 e. The molecule has 0 aromatic carbocycles. The Bertz CT molecular complexity index is 1410. The van der Waals surface area contributed by atoms with Gasteiger partial charge in [0.05, 0.1) is 6.54 Å². The van der Waals surface area contributed by atoms with Crippen LogP contribution in [0.15, 0.2) is 27.5 Å². The normalized spacial score (nSPS) is 19.5. The smallest absolute Gasteiger partial charge is 0.471 e. The molecule has 0 bridgehead atoms. The zero-order valence-corrected chi connectivity index (χ0v) is 22.9. The van der Waals surface area contributed by atoms with E-state index in [2.05, 4.69) is 35.8 Å². The molecule has 1 saturated heterocycles. The number of hydrogen-bond acceptors (Lipinski definition) is 14. The van der Waals surface area contributed by atoms with Crippen LogP contribution in [0.3, 0.4) is 0 Å². The van der Waals surface area contributed by atoms with Crippen molar-refractivity contribution < 1.29 is 47.4 Å². The number of tetrazole rings is 1. The topological polar surface area (TPSA) is 214 Å². The predicted molar refractivity (Wildman–Crippen MR) is 136 cm³/mol. The first-order chi connectivity index (χ1) is 19.4. The molecule has 0 radical (unpaired) electrons. The van der Waals surface area contributed by atoms with Crippen molar-refractivity contribution in [2.75, 3.05) is 23.9 Å². The first-order valence-corrected chi connectivity index (χ1v) is 14.0. The number of amides is 3. The number of hydrogen-bond donors (Lipinski definition) is 4. The Hall–Kier alpha value is -3.76. The highest BCUT2D eigenvalue weighted by molar-refractivity contribution is 8.01. The average molecular weight is 638 g/mol. The van der Waals surface area contributed by atoms with Gasteiger partial charge in [-0.15, -0.1) is 28.2 Å². The summed E-state index contributed by atoms with van der Waals surface area (Å²) >= 11 is 3.17. The number of thioether (sulfide) groups is 2. The summed E-state index contributed by atoms with van der Waals surface area (Å²) in [5.74, 6) is -4.13. The van der Waals surface area contributed by atoms with Crippen molar-refractivity contribution in [1.82, 2.24) is 35.4 Å². The number of nitrogens with zero attached hydrogens (tertiary/aromatic N) is 7. The van der Waals surface area contributed by atoms with Crippen LogP contribution in [-0.2, 0) is 30.6 Å². The minimum atomic E-state index is -5.13. The molecular weight excluding hydrogens is 619 g/mol. The number of anilines is 1. The minimum absolute atomic E-state index is 0.177. The number of nitrogens with one attached hydrogen (secondary N) is 2. The van der Waals surface area contributed by atoms with Gasteiger partial charge in [-0.05, 0) is 16.0 Å². The van der Waals surface area contributed by atoms with Crippen molar-refractivity contribution in [3.05, 3.63) is 22.8 Å². The Morgan fingerprint density at radius 3 is 2.80 bits per heavy atom. The highest BCUT2D eigenvalue weighted by Crippen LogP contribution is 2.37. The fraction of sp³-hybridized carbons (Fsp3) is 0.421. The van der Waals surface area contributed by atoms with E-state index in [9.17, 15) is 37.5 Å². The molecule has 0 saturated carbocycles. The van der Waals surface area contributed by atoms with Crippen LogP contribution in [-0.4, -0.2) is 112 Å². The molecule has 3 atom stereocenters. The van der Waals surface area contributed by atoms with E-state index in [1.807, 2.05) is 0 Å². The van der Waals surface area contributed by atoms with Crippen LogP contribution >= 0.6 is 34.9 Å². The Labute approximate surface area is 239 Å². The van der Waals surface area contributed by atoms with Crippen molar-refractivity contribution in [3.63, 3.8) is 0 Å². The lowest BCUT2D eigenvalue weighted by molar-refractivity contribution is -0.167. The van der Waals surface area contributed by atoms with Crippen molar-refractivity contribution in [3.8, 4) is 0 Å². The lowest BCUT2D eigenvalue weighted by Gasteiger charge is -2.47. The molecule has 2 aromatic heterocycles. The molecule has 2 aromatic rings. The van der Waals surface area contributed by atoms with Gasteiger partial charge in [0, 0.05) is 23.1 Å². The van der Waals surface area contributed by atoms with Gasteiger partial charge >= 0.3 is 18.1 Å². The van der Waals surface area contributed by atoms with Crippen molar-refractivity contribution in [1.29, 1.82) is 0 Å². The molecule has 4 heterocycles. The summed E-state index contributed by atoms with van der Waals surface area (Å²) in [5, 5.41) is 37.6. The zero-order chi connectivity index (χ0) is 29.9. The second-order valence-corrected chi connectivity index (χ2v) is 11.0. The first kappa shape index (κ1) is 30.2. The third kappa shape index (κ3) is 6.94. The van der Waals surface area contributed by atoms with Gasteiger partial charge in [-0.25, -0.2) is 14.5 Å². The van der Waals surface area contributed by atoms with Gasteiger partial charge in [0.15, 0.2) is 16.9 Å². The molecule has 0 spiro atoms. The number of carbonyl (C=O) groups excluding carboxylic acids is 3. The fourth-order valence-electron chi connectivity index (χ4n) is 3.37. The summed E-state index contributed by atoms with van der Waals surface area (Å²) in [6.45, 7) is -0.342. The molecular formula is C19H18F3N9O7S3. The highest BCUT2D eigenvalue weighted by Gasteiger charge is 2.50. The van der Waals surface area contributed by atoms with Crippen LogP contribution in [0, 0.1) is 0 Å². The number of alkyl halides is 3. The number of rotatable bonds is 11. The standard InChI is InChI=1S/C19H18F3N9O7S3/c1-38-27-10(8-6-40-17(23-8)25-16(37)19(20,21)22)12(33)24-11-13(34)30-2-7(4-39-14(11)30)5-41-18-26-28-29-31(18)3-9(32)15(35)36/h2,6,9,11,14,32H,3-5H2,1H3,(H,24,33)(H,35,36)(H,23,25,37)/t9?,11?,14-/m1/s1. The maximum absolute atomic E-state index is 12.9. The van der Waals surface area contributed by atoms with Crippen LogP contribution in [0.1, 0.15) is 5.69 Å². The number of thiazole rings is 1. The summed E-state index contributed by atoms with van der Waals surface area (Å²) in [5.41, 5.74) is 0.228. The Balaban J connectivity index is 1.35. The number of fused-ring (bicyclic) bond motifs is 1. The first-order valence-electron chi connectivity index (χ1n) is 11.1. The molecule has 220 valence electrons. The van der Waals surface area contributed by atoms with Crippen LogP contribution < -0.4 is 10.6 Å². The number of β-lactam (4-membered cyclic amide) rings is 1. The molecule has 22 heteroatoms. The molecule has 41 heavy (non-hydrogen) atoms. The van der Waals surface area contributed by atoms with Crippen LogP contribution in [0.5, 0.6) is 0 Å². The summed E-state index contributed by atoms with van der Waals surface area (Å²) in [4.78, 5) is 57.5. The van der Waals surface area contributed by atoms with E-state index in [0.717, 1.165) is 17.4 Å². The van der Waals surface area contributed by atoms with E-state index >= 15 is 0 Å². The van der Waals surface area contributed by atoms with E-state index in [0.29, 0.717) is 22.8 Å². The number of carbonyl (C=O) groups is 4. The van der Waals surface area contributed by atoms with E-state index in [1.54, 1.807) is 11.5 Å². The van der Waals surface area contributed by atoms with E-state index < -0.39 is 58.2 Å². The molecule has 4 rings (SSSR count). The van der Waals surface area contributed by atoms with Gasteiger partial charge < -0.3 is 25.3 Å². The second-order valence-electron chi connectivity index (χ2n) is 8.08. The molecule has 1 fully saturated rings. The van der Waals surface area contributed by atoms with Gasteiger partial charge in [0.25, 0.3) is 11.8 Å². The Kier molecular flexibility index (Phi) is 9.14. The Morgan fingerprint density at radius 1 is 1.37 bits per heavy atom. The molecule has 2 aliphatic heterocycles. The third-order valence-corrected chi connectivity index (χ3v) is 8.47. The van der Waals surface area contributed by atoms with Gasteiger partial charge in [0.1, 0.15) is 24.2 Å². The lowest BCUT2D eigenvalue weighted by Crippen LogP contribution is -2.69. The zero-order valence-electron chi connectivity index (χ0n) is 20.4. The summed E-state index contributed by atoms with van der Waals surface area (Å²) in [6.07, 6.45) is -5.19. The molecule has 2 aliphatic rings. The highest BCUT2D eigenvalue weighted by atomic mass is 32.2. The SMILES string of the molecule is CON=C(C(=O)NC1C(=O)N2C=C(CSc3nnnn3CC(O)C(=O)O)CS[C@H]12)c1csc(NC(=O)C(F)(F)F)n1.